The highest BCUT2D eigenvalue weighted by Crippen LogP contribution is 2.33. The number of likely N-dealkylation sites (N-methyl/N-ethyl adjacent to an activating group) is 1. The van der Waals surface area contributed by atoms with Crippen LogP contribution in [0, 0.1) is 6.92 Å². The smallest absolute Gasteiger partial charge is 0.264 e. The number of carbonyl (C=O) groups excluding carboxylic acids is 2. The van der Waals surface area contributed by atoms with Crippen molar-refractivity contribution in [1.82, 2.24) is 10.2 Å². The molecule has 0 aliphatic rings. The molecule has 0 saturated heterocycles. The zero-order valence-electron chi connectivity index (χ0n) is 25.6. The number of anilines is 1. The lowest BCUT2D eigenvalue weighted by Crippen LogP contribution is -2.53. The second kappa shape index (κ2) is 15.6. The van der Waals surface area contributed by atoms with Gasteiger partial charge in [0.2, 0.25) is 11.8 Å². The van der Waals surface area contributed by atoms with Crippen molar-refractivity contribution in [1.29, 1.82) is 0 Å². The van der Waals surface area contributed by atoms with E-state index in [0.29, 0.717) is 23.9 Å². The number of hydrogen-bond donors (Lipinski definition) is 1. The van der Waals surface area contributed by atoms with Crippen molar-refractivity contribution in [2.75, 3.05) is 24.0 Å². The number of nitrogens with one attached hydrogen (secondary N) is 1. The Morgan fingerprint density at radius 3 is 2.13 bits per heavy atom. The van der Waals surface area contributed by atoms with Gasteiger partial charge in [0.05, 0.1) is 17.2 Å². The first-order chi connectivity index (χ1) is 21.6. The van der Waals surface area contributed by atoms with Gasteiger partial charge in [-0.05, 0) is 68.3 Å². The topological polar surface area (TPSA) is 96.0 Å². The number of nitrogens with zero attached hydrogens (tertiary/aromatic N) is 2. The molecular weight excluding hydrogens is 610 g/mol. The Morgan fingerprint density at radius 1 is 0.844 bits per heavy atom. The quantitative estimate of drug-likeness (QED) is 0.181. The third kappa shape index (κ3) is 8.65. The number of carbonyl (C=O) groups is 2. The Balaban J connectivity index is 1.82. The van der Waals surface area contributed by atoms with E-state index in [1.54, 1.807) is 67.6 Å². The largest absolute Gasteiger partial charge is 0.492 e. The second-order valence-corrected chi connectivity index (χ2v) is 12.8. The van der Waals surface area contributed by atoms with Gasteiger partial charge in [-0.25, -0.2) is 8.42 Å². The van der Waals surface area contributed by atoms with Crippen LogP contribution in [-0.2, 0) is 32.6 Å². The van der Waals surface area contributed by atoms with Gasteiger partial charge < -0.3 is 15.0 Å². The van der Waals surface area contributed by atoms with E-state index in [2.05, 4.69) is 5.32 Å². The molecule has 0 aromatic heterocycles. The van der Waals surface area contributed by atoms with E-state index in [9.17, 15) is 18.0 Å². The van der Waals surface area contributed by atoms with Gasteiger partial charge in [-0.15, -0.1) is 0 Å². The molecule has 45 heavy (non-hydrogen) atoms. The molecule has 0 aliphatic heterocycles. The number of rotatable bonds is 14. The van der Waals surface area contributed by atoms with Crippen molar-refractivity contribution in [3.05, 3.63) is 125 Å². The Bertz CT molecular complexity index is 1680. The Kier molecular flexibility index (Phi) is 11.6. The van der Waals surface area contributed by atoms with E-state index < -0.39 is 28.5 Å². The number of hydrogen-bond acceptors (Lipinski definition) is 5. The summed E-state index contributed by atoms with van der Waals surface area (Å²) in [5.74, 6) is -0.581. The van der Waals surface area contributed by atoms with Gasteiger partial charge in [0, 0.05) is 24.5 Å². The van der Waals surface area contributed by atoms with Crippen molar-refractivity contribution < 1.29 is 22.7 Å². The molecule has 1 atom stereocenters. The van der Waals surface area contributed by atoms with Crippen LogP contribution in [-0.4, -0.2) is 50.9 Å². The molecule has 0 saturated carbocycles. The summed E-state index contributed by atoms with van der Waals surface area (Å²) >= 11 is 6.14. The van der Waals surface area contributed by atoms with E-state index >= 15 is 0 Å². The summed E-state index contributed by atoms with van der Waals surface area (Å²) in [6.45, 7) is 5.61. The fourth-order valence-corrected chi connectivity index (χ4v) is 6.47. The van der Waals surface area contributed by atoms with Crippen LogP contribution in [0.4, 0.5) is 5.69 Å². The monoisotopic (exact) mass is 647 g/mol. The van der Waals surface area contributed by atoms with Crippen molar-refractivity contribution in [2.45, 2.75) is 44.7 Å². The highest BCUT2D eigenvalue weighted by atomic mass is 35.5. The molecule has 8 nitrogen and oxygen atoms in total. The third-order valence-corrected chi connectivity index (χ3v) is 9.24. The van der Waals surface area contributed by atoms with Gasteiger partial charge in [-0.3, -0.25) is 13.9 Å². The second-order valence-electron chi connectivity index (χ2n) is 10.5. The molecule has 0 bridgehead atoms. The fraction of sp³-hybridized carbons (Fsp3) is 0.257. The zero-order valence-corrected chi connectivity index (χ0v) is 27.2. The van der Waals surface area contributed by atoms with Crippen LogP contribution < -0.4 is 14.4 Å². The maximum absolute atomic E-state index is 14.5. The normalized spacial score (nSPS) is 11.8. The molecule has 0 aliphatic carbocycles. The summed E-state index contributed by atoms with van der Waals surface area (Å²) in [4.78, 5) is 29.6. The fourth-order valence-electron chi connectivity index (χ4n) is 4.92. The number of benzene rings is 4. The highest BCUT2D eigenvalue weighted by molar-refractivity contribution is 7.92. The molecule has 4 aromatic rings. The van der Waals surface area contributed by atoms with Crippen molar-refractivity contribution in [2.24, 2.45) is 0 Å². The minimum absolute atomic E-state index is 0.0287. The molecule has 0 unspecified atom stereocenters. The number of para-hydroxylation sites is 2. The molecule has 1 N–H and O–H groups in total. The third-order valence-electron chi connectivity index (χ3n) is 7.21. The molecule has 0 spiro atoms. The summed E-state index contributed by atoms with van der Waals surface area (Å²) in [6, 6.07) is 28.6. The van der Waals surface area contributed by atoms with Crippen LogP contribution >= 0.6 is 11.6 Å². The summed E-state index contributed by atoms with van der Waals surface area (Å²) in [6.07, 6.45) is 0.228. The van der Waals surface area contributed by atoms with Crippen molar-refractivity contribution in [3.63, 3.8) is 0 Å². The van der Waals surface area contributed by atoms with Crippen LogP contribution in [0.2, 0.25) is 5.02 Å². The lowest BCUT2D eigenvalue weighted by molar-refractivity contribution is -0.140. The van der Waals surface area contributed by atoms with Crippen LogP contribution in [0.25, 0.3) is 0 Å². The van der Waals surface area contributed by atoms with Gasteiger partial charge in [-0.2, -0.15) is 0 Å². The molecule has 4 aromatic carbocycles. The number of aryl methyl sites for hydroxylation is 1. The Morgan fingerprint density at radius 2 is 1.49 bits per heavy atom. The van der Waals surface area contributed by atoms with Crippen LogP contribution in [0.3, 0.4) is 0 Å². The SMILES string of the molecule is CCNC(=O)[C@H](Cc1ccccc1)N(Cc1ccc(Cl)cc1)C(=O)CN(c1ccccc1OCC)S(=O)(=O)c1ccc(C)cc1. The standard InChI is InChI=1S/C35H38ClN3O5S/c1-4-37-35(41)32(23-27-11-7-6-8-12-27)38(24-28-17-19-29(36)20-18-28)34(40)25-39(31-13-9-10-14-33(31)44-5-2)45(42,43)30-21-15-26(3)16-22-30/h6-22,32H,4-5,23-25H2,1-3H3,(H,37,41)/t32-/m0/s1. The van der Waals surface area contributed by atoms with Crippen molar-refractivity contribution >= 4 is 39.1 Å². The predicted molar refractivity (Wildman–Crippen MR) is 178 cm³/mol. The highest BCUT2D eigenvalue weighted by Gasteiger charge is 2.35. The molecule has 10 heteroatoms. The van der Waals surface area contributed by atoms with Crippen LogP contribution in [0.5, 0.6) is 5.75 Å². The number of ether oxygens (including phenoxy) is 1. The summed E-state index contributed by atoms with van der Waals surface area (Å²) in [5, 5.41) is 3.39. The minimum Gasteiger partial charge on any atom is -0.492 e. The Hall–Kier alpha value is -4.34. The van der Waals surface area contributed by atoms with Crippen LogP contribution in [0.1, 0.15) is 30.5 Å². The van der Waals surface area contributed by atoms with Gasteiger partial charge in [0.15, 0.2) is 0 Å². The average Bonchev–Trinajstić information content (AvgIpc) is 3.03. The first kappa shape index (κ1) is 33.6. The minimum atomic E-state index is -4.25. The zero-order chi connectivity index (χ0) is 32.4. The number of halogens is 1. The van der Waals surface area contributed by atoms with E-state index in [0.717, 1.165) is 21.0 Å². The van der Waals surface area contributed by atoms with E-state index in [-0.39, 0.29) is 29.5 Å². The maximum atomic E-state index is 14.5. The first-order valence-electron chi connectivity index (χ1n) is 14.8. The van der Waals surface area contributed by atoms with Crippen LogP contribution in [0.15, 0.2) is 108 Å². The maximum Gasteiger partial charge on any atom is 0.264 e. The lowest BCUT2D eigenvalue weighted by atomic mass is 10.0. The number of sulfonamides is 1. The molecule has 0 heterocycles. The molecule has 0 fully saturated rings. The molecule has 4 rings (SSSR count). The van der Waals surface area contributed by atoms with Gasteiger partial charge in [0.1, 0.15) is 18.3 Å². The summed E-state index contributed by atoms with van der Waals surface area (Å²) in [5.41, 5.74) is 2.70. The first-order valence-corrected chi connectivity index (χ1v) is 16.6. The average molecular weight is 648 g/mol. The predicted octanol–water partition coefficient (Wildman–Crippen LogP) is 6.02. The van der Waals surface area contributed by atoms with E-state index in [1.165, 1.54) is 17.0 Å². The van der Waals surface area contributed by atoms with Gasteiger partial charge in [-0.1, -0.05) is 83.9 Å². The number of amides is 2. The Labute approximate surface area is 270 Å². The summed E-state index contributed by atoms with van der Waals surface area (Å²) < 4.78 is 35.4. The van der Waals surface area contributed by atoms with Gasteiger partial charge >= 0.3 is 0 Å². The van der Waals surface area contributed by atoms with Gasteiger partial charge in [0.25, 0.3) is 10.0 Å². The van der Waals surface area contributed by atoms with E-state index in [4.69, 9.17) is 16.3 Å². The van der Waals surface area contributed by atoms with E-state index in [1.807, 2.05) is 44.2 Å². The summed E-state index contributed by atoms with van der Waals surface area (Å²) in [7, 11) is -4.25. The lowest BCUT2D eigenvalue weighted by Gasteiger charge is -2.34. The molecular formula is C35H38ClN3O5S. The molecule has 2 amide bonds. The van der Waals surface area contributed by atoms with Crippen molar-refractivity contribution in [3.8, 4) is 5.75 Å². The molecule has 0 radical (unpaired) electrons. The molecule has 236 valence electrons.